The Morgan fingerprint density at radius 2 is 1.58 bits per heavy atom. The summed E-state index contributed by atoms with van der Waals surface area (Å²) in [5.41, 5.74) is 3.41. The molecule has 26 heavy (non-hydrogen) atoms. The fourth-order valence-electron chi connectivity index (χ4n) is 3.24. The van der Waals surface area contributed by atoms with Crippen molar-refractivity contribution >= 4 is 5.69 Å². The number of nitro groups is 1. The molecule has 0 aromatic heterocycles. The molecule has 3 aromatic rings. The molecular formula is C21H17NO4. The molecule has 1 heterocycles. The van der Waals surface area contributed by atoms with Gasteiger partial charge in [-0.05, 0) is 35.2 Å². The molecule has 1 atom stereocenters. The van der Waals surface area contributed by atoms with Gasteiger partial charge in [0.15, 0.2) is 11.5 Å². The van der Waals surface area contributed by atoms with Crippen molar-refractivity contribution < 1.29 is 14.4 Å². The zero-order valence-corrected chi connectivity index (χ0v) is 14.0. The molecule has 1 unspecified atom stereocenters. The molecule has 0 bridgehead atoms. The van der Waals surface area contributed by atoms with Gasteiger partial charge in [0.1, 0.15) is 0 Å². The average Bonchev–Trinajstić information content (AvgIpc) is 3.15. The minimum atomic E-state index is -0.378. The lowest BCUT2D eigenvalue weighted by molar-refractivity contribution is -0.384. The van der Waals surface area contributed by atoms with Gasteiger partial charge in [-0.25, -0.2) is 0 Å². The van der Waals surface area contributed by atoms with Gasteiger partial charge in [0.25, 0.3) is 5.69 Å². The molecule has 1 aliphatic rings. The Kier molecular flexibility index (Phi) is 4.27. The van der Waals surface area contributed by atoms with Crippen LogP contribution < -0.4 is 9.47 Å². The van der Waals surface area contributed by atoms with Crippen LogP contribution in [0.1, 0.15) is 22.6 Å². The van der Waals surface area contributed by atoms with E-state index in [0.717, 1.165) is 29.0 Å². The first-order valence-corrected chi connectivity index (χ1v) is 8.38. The second-order valence-electron chi connectivity index (χ2n) is 6.20. The van der Waals surface area contributed by atoms with Crippen LogP contribution in [0.2, 0.25) is 0 Å². The highest BCUT2D eigenvalue weighted by Crippen LogP contribution is 2.37. The van der Waals surface area contributed by atoms with Crippen LogP contribution in [0.15, 0.2) is 72.8 Å². The van der Waals surface area contributed by atoms with Crippen molar-refractivity contribution in [2.75, 3.05) is 6.79 Å². The zero-order chi connectivity index (χ0) is 17.9. The van der Waals surface area contributed by atoms with E-state index < -0.39 is 0 Å². The number of rotatable bonds is 5. The maximum absolute atomic E-state index is 10.9. The molecule has 5 nitrogen and oxygen atoms in total. The number of non-ortho nitro benzene ring substituents is 1. The molecule has 0 amide bonds. The quantitative estimate of drug-likeness (QED) is 0.496. The van der Waals surface area contributed by atoms with Crippen LogP contribution in [0, 0.1) is 10.1 Å². The van der Waals surface area contributed by atoms with Crippen LogP contribution in [-0.4, -0.2) is 11.7 Å². The van der Waals surface area contributed by atoms with Crippen molar-refractivity contribution in [1.29, 1.82) is 0 Å². The van der Waals surface area contributed by atoms with Crippen molar-refractivity contribution in [3.63, 3.8) is 0 Å². The molecular weight excluding hydrogens is 330 g/mol. The number of benzene rings is 3. The Bertz CT molecular complexity index is 923. The first kappa shape index (κ1) is 16.1. The van der Waals surface area contributed by atoms with Gasteiger partial charge in [0.2, 0.25) is 6.79 Å². The van der Waals surface area contributed by atoms with Crippen LogP contribution in [0.4, 0.5) is 5.69 Å². The van der Waals surface area contributed by atoms with Gasteiger partial charge < -0.3 is 9.47 Å². The van der Waals surface area contributed by atoms with Gasteiger partial charge in [0.05, 0.1) is 4.92 Å². The number of nitrogens with zero attached hydrogens (tertiary/aromatic N) is 1. The van der Waals surface area contributed by atoms with E-state index in [-0.39, 0.29) is 23.3 Å². The number of fused-ring (bicyclic) bond motifs is 1. The highest BCUT2D eigenvalue weighted by atomic mass is 16.7. The van der Waals surface area contributed by atoms with E-state index in [2.05, 4.69) is 12.1 Å². The van der Waals surface area contributed by atoms with Crippen LogP contribution in [0.25, 0.3) is 0 Å². The highest BCUT2D eigenvalue weighted by molar-refractivity contribution is 5.48. The average molecular weight is 347 g/mol. The van der Waals surface area contributed by atoms with Gasteiger partial charge in [-0.1, -0.05) is 48.5 Å². The molecule has 0 spiro atoms. The second kappa shape index (κ2) is 6.88. The SMILES string of the molecule is O=[N+]([O-])c1ccc(C(Cc2ccccc2)c2ccc3c(c2)OCO3)cc1. The second-order valence-corrected chi connectivity index (χ2v) is 6.20. The lowest BCUT2D eigenvalue weighted by Gasteiger charge is -2.19. The zero-order valence-electron chi connectivity index (χ0n) is 14.0. The minimum absolute atomic E-state index is 0.0627. The maximum Gasteiger partial charge on any atom is 0.269 e. The Balaban J connectivity index is 1.72. The Hall–Kier alpha value is -3.34. The van der Waals surface area contributed by atoms with Crippen LogP contribution in [-0.2, 0) is 6.42 Å². The maximum atomic E-state index is 10.9. The van der Waals surface area contributed by atoms with Crippen molar-refractivity contribution in [1.82, 2.24) is 0 Å². The summed E-state index contributed by atoms with van der Waals surface area (Å²) < 4.78 is 10.9. The lowest BCUT2D eigenvalue weighted by atomic mass is 9.85. The van der Waals surface area contributed by atoms with Gasteiger partial charge >= 0.3 is 0 Å². The molecule has 0 aliphatic carbocycles. The minimum Gasteiger partial charge on any atom is -0.454 e. The smallest absolute Gasteiger partial charge is 0.269 e. The standard InChI is InChI=1S/C21H17NO4/c23-22(24)18-9-6-16(7-10-18)19(12-15-4-2-1-3-5-15)17-8-11-20-21(13-17)26-14-25-20/h1-11,13,19H,12,14H2. The van der Waals surface area contributed by atoms with Crippen molar-refractivity contribution in [2.24, 2.45) is 0 Å². The summed E-state index contributed by atoms with van der Waals surface area (Å²) in [6.45, 7) is 0.236. The first-order valence-electron chi connectivity index (χ1n) is 8.38. The molecule has 0 N–H and O–H groups in total. The Labute approximate surface area is 151 Å². The summed E-state index contributed by atoms with van der Waals surface area (Å²) in [6, 6.07) is 22.9. The van der Waals surface area contributed by atoms with E-state index in [1.807, 2.05) is 48.5 Å². The number of ether oxygens (including phenoxy) is 2. The van der Waals surface area contributed by atoms with Crippen LogP contribution in [0.5, 0.6) is 11.5 Å². The third kappa shape index (κ3) is 3.24. The highest BCUT2D eigenvalue weighted by Gasteiger charge is 2.20. The molecule has 0 saturated heterocycles. The summed E-state index contributed by atoms with van der Waals surface area (Å²) in [5, 5.41) is 10.9. The predicted octanol–water partition coefficient (Wildman–Crippen LogP) is 4.70. The number of hydrogen-bond donors (Lipinski definition) is 0. The Morgan fingerprint density at radius 1 is 0.885 bits per heavy atom. The largest absolute Gasteiger partial charge is 0.454 e. The third-order valence-corrected chi connectivity index (χ3v) is 4.59. The van der Waals surface area contributed by atoms with Gasteiger partial charge in [0, 0.05) is 18.1 Å². The first-order chi connectivity index (χ1) is 12.7. The van der Waals surface area contributed by atoms with E-state index in [4.69, 9.17) is 9.47 Å². The van der Waals surface area contributed by atoms with Crippen LogP contribution in [0.3, 0.4) is 0 Å². The van der Waals surface area contributed by atoms with E-state index in [1.165, 1.54) is 5.56 Å². The van der Waals surface area contributed by atoms with Crippen molar-refractivity contribution in [3.8, 4) is 11.5 Å². The van der Waals surface area contributed by atoms with E-state index in [1.54, 1.807) is 12.1 Å². The van der Waals surface area contributed by atoms with Gasteiger partial charge in [-0.3, -0.25) is 10.1 Å². The van der Waals surface area contributed by atoms with Crippen molar-refractivity contribution in [2.45, 2.75) is 12.3 Å². The monoisotopic (exact) mass is 347 g/mol. The summed E-state index contributed by atoms with van der Waals surface area (Å²) in [5.74, 6) is 1.55. The molecule has 0 fully saturated rings. The summed E-state index contributed by atoms with van der Waals surface area (Å²) in [7, 11) is 0. The molecule has 0 saturated carbocycles. The van der Waals surface area contributed by atoms with Crippen molar-refractivity contribution in [3.05, 3.63) is 99.6 Å². The predicted molar refractivity (Wildman–Crippen MR) is 97.7 cm³/mol. The van der Waals surface area contributed by atoms with Gasteiger partial charge in [-0.15, -0.1) is 0 Å². The van der Waals surface area contributed by atoms with E-state index >= 15 is 0 Å². The summed E-state index contributed by atoms with van der Waals surface area (Å²) >= 11 is 0. The molecule has 4 rings (SSSR count). The summed E-state index contributed by atoms with van der Waals surface area (Å²) in [6.07, 6.45) is 0.790. The molecule has 1 aliphatic heterocycles. The van der Waals surface area contributed by atoms with Gasteiger partial charge in [-0.2, -0.15) is 0 Å². The molecule has 0 radical (unpaired) electrons. The lowest BCUT2D eigenvalue weighted by Crippen LogP contribution is -2.05. The molecule has 130 valence electrons. The normalized spacial score (nSPS) is 13.4. The van der Waals surface area contributed by atoms with E-state index in [9.17, 15) is 10.1 Å². The number of hydrogen-bond acceptors (Lipinski definition) is 4. The fraction of sp³-hybridized carbons (Fsp3) is 0.143. The topological polar surface area (TPSA) is 61.6 Å². The Morgan fingerprint density at radius 3 is 2.31 bits per heavy atom. The molecule has 3 aromatic carbocycles. The summed E-state index contributed by atoms with van der Waals surface area (Å²) in [4.78, 5) is 10.6. The number of nitro benzene ring substituents is 1. The van der Waals surface area contributed by atoms with E-state index in [0.29, 0.717) is 0 Å². The van der Waals surface area contributed by atoms with Crippen LogP contribution >= 0.6 is 0 Å². The fourth-order valence-corrected chi connectivity index (χ4v) is 3.24. The third-order valence-electron chi connectivity index (χ3n) is 4.59. The molecule has 5 heteroatoms.